The van der Waals surface area contributed by atoms with Crippen LogP contribution in [0.1, 0.15) is 30.3 Å². The summed E-state index contributed by atoms with van der Waals surface area (Å²) < 4.78 is 0.527. The molecule has 8 heteroatoms. The van der Waals surface area contributed by atoms with Crippen molar-refractivity contribution < 1.29 is 9.59 Å². The van der Waals surface area contributed by atoms with Crippen LogP contribution in [0.2, 0.25) is 0 Å². The van der Waals surface area contributed by atoms with E-state index in [1.165, 1.54) is 11.8 Å². The maximum absolute atomic E-state index is 12.3. The largest absolute Gasteiger partial charge is 0.350 e. The number of carbonyl (C=O) groups excluding carboxylic acids is 2. The molecule has 132 valence electrons. The Morgan fingerprint density at radius 1 is 1.24 bits per heavy atom. The van der Waals surface area contributed by atoms with Crippen molar-refractivity contribution in [2.45, 2.75) is 24.9 Å². The van der Waals surface area contributed by atoms with E-state index >= 15 is 0 Å². The second-order valence-corrected chi connectivity index (χ2v) is 7.03. The van der Waals surface area contributed by atoms with Crippen LogP contribution >= 0.6 is 27.7 Å². The van der Waals surface area contributed by atoms with Crippen molar-refractivity contribution in [3.63, 3.8) is 0 Å². The van der Waals surface area contributed by atoms with E-state index in [1.54, 1.807) is 6.20 Å². The Balaban J connectivity index is 1.84. The maximum Gasteiger partial charge on any atom is 0.271 e. The van der Waals surface area contributed by atoms with E-state index in [4.69, 9.17) is 0 Å². The summed E-state index contributed by atoms with van der Waals surface area (Å²) in [7, 11) is 0. The van der Waals surface area contributed by atoms with Crippen LogP contribution in [-0.2, 0) is 4.79 Å². The Labute approximate surface area is 159 Å². The van der Waals surface area contributed by atoms with Gasteiger partial charge in [0.25, 0.3) is 5.91 Å². The van der Waals surface area contributed by atoms with Gasteiger partial charge in [-0.15, -0.1) is 0 Å². The van der Waals surface area contributed by atoms with Gasteiger partial charge >= 0.3 is 0 Å². The highest BCUT2D eigenvalue weighted by molar-refractivity contribution is 9.10. The fourth-order valence-corrected chi connectivity index (χ4v) is 2.93. The molecule has 6 nitrogen and oxygen atoms in total. The zero-order valence-corrected chi connectivity index (χ0v) is 16.2. The van der Waals surface area contributed by atoms with Crippen LogP contribution in [0.5, 0.6) is 0 Å². The number of benzene rings is 1. The fourth-order valence-electron chi connectivity index (χ4n) is 1.89. The number of hydrogen-bond acceptors (Lipinski definition) is 5. The third kappa shape index (κ3) is 6.47. The topological polar surface area (TPSA) is 84.0 Å². The van der Waals surface area contributed by atoms with Crippen LogP contribution in [0.25, 0.3) is 0 Å². The number of amides is 2. The number of para-hydroxylation sites is 1. The van der Waals surface area contributed by atoms with Crippen LogP contribution < -0.4 is 10.6 Å². The molecule has 2 N–H and O–H groups in total. The van der Waals surface area contributed by atoms with Gasteiger partial charge in [0.15, 0.2) is 5.16 Å². The molecule has 0 unspecified atom stereocenters. The van der Waals surface area contributed by atoms with Gasteiger partial charge in [-0.3, -0.25) is 9.59 Å². The minimum Gasteiger partial charge on any atom is -0.350 e. The lowest BCUT2D eigenvalue weighted by molar-refractivity contribution is -0.116. The van der Waals surface area contributed by atoms with Gasteiger partial charge in [0, 0.05) is 30.6 Å². The average Bonchev–Trinajstić information content (AvgIpc) is 2.61. The molecule has 0 atom stereocenters. The zero-order chi connectivity index (χ0) is 18.1. The van der Waals surface area contributed by atoms with Gasteiger partial charge < -0.3 is 10.6 Å². The van der Waals surface area contributed by atoms with Crippen LogP contribution in [0.15, 0.2) is 46.2 Å². The number of aromatic nitrogens is 2. The first-order chi connectivity index (χ1) is 12.1. The highest BCUT2D eigenvalue weighted by Crippen LogP contribution is 2.19. The standard InChI is InChI=1S/C17H19BrN4O2S/c1-2-10-25-17-20-11-13(18)15(22-17)16(24)19-9-8-14(23)21-12-6-4-3-5-7-12/h3-7,11H,2,8-10H2,1H3,(H,19,24)(H,21,23). The third-order valence-corrected chi connectivity index (χ3v) is 4.72. The fraction of sp³-hybridized carbons (Fsp3) is 0.294. The first kappa shape index (κ1) is 19.4. The molecule has 1 aromatic heterocycles. The molecule has 1 aromatic carbocycles. The molecule has 2 amide bonds. The molecule has 2 rings (SSSR count). The molecule has 0 aliphatic heterocycles. The molecule has 1 heterocycles. The highest BCUT2D eigenvalue weighted by Gasteiger charge is 2.14. The van der Waals surface area contributed by atoms with Crippen LogP contribution in [0, 0.1) is 0 Å². The first-order valence-corrected chi connectivity index (χ1v) is 9.66. The Morgan fingerprint density at radius 2 is 2.00 bits per heavy atom. The maximum atomic E-state index is 12.3. The quantitative estimate of drug-likeness (QED) is 0.502. The molecule has 25 heavy (non-hydrogen) atoms. The molecule has 0 aliphatic carbocycles. The van der Waals surface area contributed by atoms with Gasteiger partial charge in [-0.05, 0) is 34.5 Å². The summed E-state index contributed by atoms with van der Waals surface area (Å²) in [5.74, 6) is 0.398. The lowest BCUT2D eigenvalue weighted by Gasteiger charge is -2.08. The summed E-state index contributed by atoms with van der Waals surface area (Å²) in [4.78, 5) is 32.6. The average molecular weight is 423 g/mol. The van der Waals surface area contributed by atoms with Gasteiger partial charge in [0.2, 0.25) is 5.91 Å². The summed E-state index contributed by atoms with van der Waals surface area (Å²) in [5, 5.41) is 6.05. The normalized spacial score (nSPS) is 10.3. The number of thioether (sulfide) groups is 1. The van der Waals surface area contributed by atoms with E-state index in [9.17, 15) is 9.59 Å². The molecule has 0 radical (unpaired) electrons. The smallest absolute Gasteiger partial charge is 0.271 e. The lowest BCUT2D eigenvalue weighted by Crippen LogP contribution is -2.28. The highest BCUT2D eigenvalue weighted by atomic mass is 79.9. The number of hydrogen-bond donors (Lipinski definition) is 2. The van der Waals surface area contributed by atoms with Crippen LogP contribution in [0.3, 0.4) is 0 Å². The Kier molecular flexibility index (Phi) is 7.87. The van der Waals surface area contributed by atoms with Gasteiger partial charge in [-0.25, -0.2) is 9.97 Å². The molecular formula is C17H19BrN4O2S. The van der Waals surface area contributed by atoms with Gasteiger partial charge in [0.05, 0.1) is 4.47 Å². The summed E-state index contributed by atoms with van der Waals surface area (Å²) in [6, 6.07) is 9.19. The third-order valence-electron chi connectivity index (χ3n) is 3.07. The second kappa shape index (κ2) is 10.1. The van der Waals surface area contributed by atoms with Crippen molar-refractivity contribution in [3.05, 3.63) is 46.7 Å². The molecule has 0 saturated carbocycles. The van der Waals surface area contributed by atoms with E-state index in [-0.39, 0.29) is 30.5 Å². The van der Waals surface area contributed by atoms with E-state index in [0.29, 0.717) is 9.63 Å². The van der Waals surface area contributed by atoms with Crippen molar-refractivity contribution in [3.8, 4) is 0 Å². The lowest BCUT2D eigenvalue weighted by atomic mass is 10.3. The van der Waals surface area contributed by atoms with Crippen molar-refractivity contribution in [2.75, 3.05) is 17.6 Å². The summed E-state index contributed by atoms with van der Waals surface area (Å²) in [6.07, 6.45) is 2.75. The summed E-state index contributed by atoms with van der Waals surface area (Å²) >= 11 is 4.79. The molecule has 0 aliphatic rings. The molecule has 0 spiro atoms. The predicted molar refractivity (Wildman–Crippen MR) is 103 cm³/mol. The molecule has 0 fully saturated rings. The zero-order valence-electron chi connectivity index (χ0n) is 13.8. The summed E-state index contributed by atoms with van der Waals surface area (Å²) in [5.41, 5.74) is 1.01. The number of anilines is 1. The van der Waals surface area contributed by atoms with Crippen molar-refractivity contribution in [1.29, 1.82) is 0 Å². The minimum atomic E-state index is -0.333. The van der Waals surface area contributed by atoms with Crippen molar-refractivity contribution in [1.82, 2.24) is 15.3 Å². The molecule has 2 aromatic rings. The van der Waals surface area contributed by atoms with E-state index in [2.05, 4.69) is 43.5 Å². The van der Waals surface area contributed by atoms with Crippen LogP contribution in [0.4, 0.5) is 5.69 Å². The summed E-state index contributed by atoms with van der Waals surface area (Å²) in [6.45, 7) is 2.30. The minimum absolute atomic E-state index is 0.160. The number of rotatable bonds is 8. The first-order valence-electron chi connectivity index (χ1n) is 7.88. The SMILES string of the molecule is CCCSc1ncc(Br)c(C(=O)NCCC(=O)Nc2ccccc2)n1. The van der Waals surface area contributed by atoms with E-state index in [0.717, 1.165) is 17.9 Å². The monoisotopic (exact) mass is 422 g/mol. The predicted octanol–water partition coefficient (Wildman–Crippen LogP) is 3.50. The van der Waals surface area contributed by atoms with Crippen molar-refractivity contribution >= 4 is 45.2 Å². The van der Waals surface area contributed by atoms with E-state index in [1.807, 2.05) is 30.3 Å². The number of halogens is 1. The molecule has 0 saturated heterocycles. The second-order valence-electron chi connectivity index (χ2n) is 5.12. The van der Waals surface area contributed by atoms with Crippen LogP contribution in [-0.4, -0.2) is 34.1 Å². The number of nitrogens with one attached hydrogen (secondary N) is 2. The Hall–Kier alpha value is -1.93. The number of nitrogens with zero attached hydrogens (tertiary/aromatic N) is 2. The molecular weight excluding hydrogens is 404 g/mol. The van der Waals surface area contributed by atoms with Gasteiger partial charge in [-0.2, -0.15) is 0 Å². The molecule has 0 bridgehead atoms. The van der Waals surface area contributed by atoms with E-state index < -0.39 is 0 Å². The Morgan fingerprint density at radius 3 is 2.72 bits per heavy atom. The van der Waals surface area contributed by atoms with Gasteiger partial charge in [0.1, 0.15) is 5.69 Å². The van der Waals surface area contributed by atoms with Crippen molar-refractivity contribution in [2.24, 2.45) is 0 Å². The number of carbonyl (C=O) groups is 2. The van der Waals surface area contributed by atoms with Gasteiger partial charge in [-0.1, -0.05) is 36.9 Å². The Bertz CT molecular complexity index is 728.